The molecule has 0 aliphatic carbocycles. The lowest BCUT2D eigenvalue weighted by atomic mass is 10.1. The number of unbranched alkanes of at least 4 members (excludes halogenated alkanes) is 5. The molecule has 0 aliphatic heterocycles. The van der Waals surface area contributed by atoms with Crippen LogP contribution in [0.15, 0.2) is 6.33 Å². The SMILES string of the molecule is CCCCCCCCNc1ncnc(Cl)n1. The van der Waals surface area contributed by atoms with Crippen LogP contribution < -0.4 is 5.32 Å². The van der Waals surface area contributed by atoms with E-state index >= 15 is 0 Å². The van der Waals surface area contributed by atoms with Crippen LogP contribution in [0.1, 0.15) is 45.4 Å². The van der Waals surface area contributed by atoms with Gasteiger partial charge in [-0.05, 0) is 18.0 Å². The van der Waals surface area contributed by atoms with Gasteiger partial charge in [-0.1, -0.05) is 39.0 Å². The lowest BCUT2D eigenvalue weighted by Gasteiger charge is -2.03. The first-order chi connectivity index (χ1) is 7.83. The number of halogens is 1. The number of aromatic nitrogens is 3. The summed E-state index contributed by atoms with van der Waals surface area (Å²) in [6.07, 6.45) is 9.11. The smallest absolute Gasteiger partial charge is 0.227 e. The summed E-state index contributed by atoms with van der Waals surface area (Å²) in [5, 5.41) is 3.37. The van der Waals surface area contributed by atoms with Gasteiger partial charge in [-0.15, -0.1) is 0 Å². The van der Waals surface area contributed by atoms with E-state index in [1.807, 2.05) is 0 Å². The molecule has 0 aromatic carbocycles. The monoisotopic (exact) mass is 242 g/mol. The molecule has 0 saturated carbocycles. The van der Waals surface area contributed by atoms with Gasteiger partial charge in [0.1, 0.15) is 6.33 Å². The average Bonchev–Trinajstić information content (AvgIpc) is 2.28. The van der Waals surface area contributed by atoms with Crippen molar-refractivity contribution in [3.8, 4) is 0 Å². The lowest BCUT2D eigenvalue weighted by Crippen LogP contribution is -2.05. The van der Waals surface area contributed by atoms with Crippen molar-refractivity contribution in [2.24, 2.45) is 0 Å². The molecule has 0 aliphatic rings. The molecule has 1 aromatic rings. The molecule has 1 rings (SSSR count). The fourth-order valence-corrected chi connectivity index (χ4v) is 1.59. The van der Waals surface area contributed by atoms with Gasteiger partial charge in [-0.3, -0.25) is 0 Å². The Morgan fingerprint density at radius 2 is 1.88 bits per heavy atom. The Morgan fingerprint density at radius 3 is 2.62 bits per heavy atom. The van der Waals surface area contributed by atoms with E-state index in [4.69, 9.17) is 11.6 Å². The lowest BCUT2D eigenvalue weighted by molar-refractivity contribution is 0.616. The van der Waals surface area contributed by atoms with Crippen LogP contribution in [0, 0.1) is 0 Å². The van der Waals surface area contributed by atoms with Crippen LogP contribution >= 0.6 is 11.6 Å². The summed E-state index contributed by atoms with van der Waals surface area (Å²) in [5.41, 5.74) is 0. The van der Waals surface area contributed by atoms with Crippen molar-refractivity contribution in [3.05, 3.63) is 11.6 Å². The van der Waals surface area contributed by atoms with Crippen LogP contribution in [0.5, 0.6) is 0 Å². The first-order valence-corrected chi connectivity index (χ1v) is 6.29. The van der Waals surface area contributed by atoms with Gasteiger partial charge >= 0.3 is 0 Å². The predicted molar refractivity (Wildman–Crippen MR) is 66.7 cm³/mol. The van der Waals surface area contributed by atoms with E-state index in [9.17, 15) is 0 Å². The number of hydrogen-bond donors (Lipinski definition) is 1. The van der Waals surface area contributed by atoms with E-state index in [2.05, 4.69) is 27.2 Å². The zero-order valence-corrected chi connectivity index (χ0v) is 10.5. The van der Waals surface area contributed by atoms with Crippen molar-refractivity contribution in [2.75, 3.05) is 11.9 Å². The van der Waals surface area contributed by atoms with E-state index in [-0.39, 0.29) is 5.28 Å². The summed E-state index contributed by atoms with van der Waals surface area (Å²) in [6, 6.07) is 0. The van der Waals surface area contributed by atoms with E-state index in [0.29, 0.717) is 5.95 Å². The van der Waals surface area contributed by atoms with E-state index in [0.717, 1.165) is 13.0 Å². The molecule has 90 valence electrons. The Kier molecular flexibility index (Phi) is 6.81. The van der Waals surface area contributed by atoms with Crippen molar-refractivity contribution in [1.29, 1.82) is 0 Å². The van der Waals surface area contributed by atoms with Crippen LogP contribution in [-0.2, 0) is 0 Å². The van der Waals surface area contributed by atoms with Crippen LogP contribution in [0.25, 0.3) is 0 Å². The van der Waals surface area contributed by atoms with E-state index < -0.39 is 0 Å². The highest BCUT2D eigenvalue weighted by molar-refractivity contribution is 6.28. The second kappa shape index (κ2) is 8.28. The summed E-state index contributed by atoms with van der Waals surface area (Å²) in [5.74, 6) is 0.563. The van der Waals surface area contributed by atoms with Gasteiger partial charge in [0, 0.05) is 6.54 Å². The molecule has 1 heterocycles. The minimum absolute atomic E-state index is 0.237. The molecule has 0 radical (unpaired) electrons. The highest BCUT2D eigenvalue weighted by Gasteiger charge is 1.96. The Morgan fingerprint density at radius 1 is 1.12 bits per heavy atom. The van der Waals surface area contributed by atoms with Crippen molar-refractivity contribution in [2.45, 2.75) is 45.4 Å². The Labute approximate surface area is 102 Å². The maximum atomic E-state index is 5.64. The Hall–Kier alpha value is -0.900. The largest absolute Gasteiger partial charge is 0.354 e. The fourth-order valence-electron chi connectivity index (χ4n) is 1.47. The molecule has 0 fully saturated rings. The van der Waals surface area contributed by atoms with Gasteiger partial charge in [-0.25, -0.2) is 9.97 Å². The number of rotatable bonds is 8. The van der Waals surface area contributed by atoms with Gasteiger partial charge in [0.25, 0.3) is 0 Å². The molecule has 5 heteroatoms. The molecule has 0 amide bonds. The molecular weight excluding hydrogens is 224 g/mol. The van der Waals surface area contributed by atoms with Crippen LogP contribution in [0.2, 0.25) is 5.28 Å². The van der Waals surface area contributed by atoms with Gasteiger partial charge in [0.05, 0.1) is 0 Å². The van der Waals surface area contributed by atoms with Gasteiger partial charge in [0.15, 0.2) is 0 Å². The topological polar surface area (TPSA) is 50.7 Å². The number of anilines is 1. The maximum Gasteiger partial charge on any atom is 0.227 e. The molecule has 0 spiro atoms. The predicted octanol–water partition coefficient (Wildman–Crippen LogP) is 3.30. The summed E-state index contributed by atoms with van der Waals surface area (Å²) in [7, 11) is 0. The summed E-state index contributed by atoms with van der Waals surface area (Å²) in [6.45, 7) is 3.12. The van der Waals surface area contributed by atoms with E-state index in [1.165, 1.54) is 38.4 Å². The van der Waals surface area contributed by atoms with Crippen molar-refractivity contribution in [3.63, 3.8) is 0 Å². The second-order valence-electron chi connectivity index (χ2n) is 3.77. The van der Waals surface area contributed by atoms with Gasteiger partial charge < -0.3 is 5.32 Å². The average molecular weight is 243 g/mol. The third-order valence-corrected chi connectivity index (χ3v) is 2.54. The quantitative estimate of drug-likeness (QED) is 0.711. The molecule has 0 bridgehead atoms. The summed E-state index contributed by atoms with van der Waals surface area (Å²) >= 11 is 5.64. The van der Waals surface area contributed by atoms with Crippen molar-refractivity contribution < 1.29 is 0 Å². The fraction of sp³-hybridized carbons (Fsp3) is 0.727. The van der Waals surface area contributed by atoms with Crippen LogP contribution in [0.3, 0.4) is 0 Å². The number of nitrogens with zero attached hydrogens (tertiary/aromatic N) is 3. The van der Waals surface area contributed by atoms with Crippen LogP contribution in [0.4, 0.5) is 5.95 Å². The Bertz CT molecular complexity index is 293. The molecule has 0 saturated heterocycles. The zero-order valence-electron chi connectivity index (χ0n) is 9.75. The van der Waals surface area contributed by atoms with Crippen LogP contribution in [-0.4, -0.2) is 21.5 Å². The highest BCUT2D eigenvalue weighted by Crippen LogP contribution is 2.06. The summed E-state index contributed by atoms with van der Waals surface area (Å²) < 4.78 is 0. The standard InChI is InChI=1S/C11H19ClN4/c1-2-3-4-5-6-7-8-13-11-15-9-14-10(12)16-11/h9H,2-8H2,1H3,(H,13,14,15,16). The third kappa shape index (κ3) is 5.85. The zero-order chi connectivity index (χ0) is 11.6. The van der Waals surface area contributed by atoms with Crippen molar-refractivity contribution in [1.82, 2.24) is 15.0 Å². The normalized spacial score (nSPS) is 10.4. The third-order valence-electron chi connectivity index (χ3n) is 2.36. The van der Waals surface area contributed by atoms with E-state index in [1.54, 1.807) is 0 Å². The van der Waals surface area contributed by atoms with Gasteiger partial charge in [-0.2, -0.15) is 4.98 Å². The molecule has 16 heavy (non-hydrogen) atoms. The minimum atomic E-state index is 0.237. The second-order valence-corrected chi connectivity index (χ2v) is 4.11. The molecular formula is C11H19ClN4. The number of hydrogen-bond acceptors (Lipinski definition) is 4. The van der Waals surface area contributed by atoms with Crippen molar-refractivity contribution >= 4 is 17.5 Å². The molecule has 4 nitrogen and oxygen atoms in total. The molecule has 1 aromatic heterocycles. The number of nitrogens with one attached hydrogen (secondary N) is 1. The minimum Gasteiger partial charge on any atom is -0.354 e. The molecule has 0 unspecified atom stereocenters. The molecule has 0 atom stereocenters. The maximum absolute atomic E-state index is 5.64. The first-order valence-electron chi connectivity index (χ1n) is 5.91. The molecule has 1 N–H and O–H groups in total. The summed E-state index contributed by atoms with van der Waals surface area (Å²) in [4.78, 5) is 11.6. The highest BCUT2D eigenvalue weighted by atomic mass is 35.5. The Balaban J connectivity index is 2.03. The first kappa shape index (κ1) is 13.2. The van der Waals surface area contributed by atoms with Gasteiger partial charge in [0.2, 0.25) is 11.2 Å².